The van der Waals surface area contributed by atoms with Gasteiger partial charge >= 0.3 is 0 Å². The summed E-state index contributed by atoms with van der Waals surface area (Å²) in [5.41, 5.74) is 17.8. The number of hydrogen-bond donors (Lipinski definition) is 0. The van der Waals surface area contributed by atoms with Gasteiger partial charge in [0.05, 0.1) is 0 Å². The molecule has 8 aromatic rings. The molecule has 0 atom stereocenters. The molecule has 0 aliphatic heterocycles. The van der Waals surface area contributed by atoms with Gasteiger partial charge in [-0.1, -0.05) is 111 Å². The Kier molecular flexibility index (Phi) is 7.18. The molecular formula is C49H39N. The van der Waals surface area contributed by atoms with E-state index in [9.17, 15) is 0 Å². The van der Waals surface area contributed by atoms with Crippen molar-refractivity contribution in [1.29, 1.82) is 0 Å². The molecule has 1 nitrogen and oxygen atoms in total. The summed E-state index contributed by atoms with van der Waals surface area (Å²) in [6.45, 7) is 8.97. The third-order valence-electron chi connectivity index (χ3n) is 10.6. The largest absolute Gasteiger partial charge is 0.310 e. The van der Waals surface area contributed by atoms with Crippen molar-refractivity contribution in [2.24, 2.45) is 0 Å². The molecule has 240 valence electrons. The second-order valence-electron chi connectivity index (χ2n) is 14.1. The first-order valence-corrected chi connectivity index (χ1v) is 17.7. The molecule has 1 heteroatoms. The Morgan fingerprint density at radius 3 is 1.42 bits per heavy atom. The number of anilines is 3. The molecule has 1 aliphatic carbocycles. The van der Waals surface area contributed by atoms with Crippen LogP contribution in [0.4, 0.5) is 17.1 Å². The van der Waals surface area contributed by atoms with Crippen molar-refractivity contribution < 1.29 is 0 Å². The highest BCUT2D eigenvalue weighted by Gasteiger charge is 2.25. The zero-order valence-electron chi connectivity index (χ0n) is 29.0. The minimum Gasteiger partial charge on any atom is -0.310 e. The number of benzene rings is 8. The fourth-order valence-electron chi connectivity index (χ4n) is 7.76. The molecule has 0 heterocycles. The van der Waals surface area contributed by atoms with Crippen LogP contribution in [-0.4, -0.2) is 0 Å². The van der Waals surface area contributed by atoms with Gasteiger partial charge < -0.3 is 4.90 Å². The zero-order chi connectivity index (χ0) is 33.9. The maximum atomic E-state index is 2.45. The van der Waals surface area contributed by atoms with Gasteiger partial charge in [-0.15, -0.1) is 0 Å². The first-order chi connectivity index (χ1) is 24.4. The van der Waals surface area contributed by atoms with Gasteiger partial charge in [-0.3, -0.25) is 0 Å². The van der Waals surface area contributed by atoms with Crippen LogP contribution in [0.1, 0.15) is 36.5 Å². The average molecular weight is 642 g/mol. The Morgan fingerprint density at radius 1 is 0.380 bits per heavy atom. The van der Waals surface area contributed by atoms with Crippen LogP contribution in [0.25, 0.3) is 66.1 Å². The second kappa shape index (κ2) is 11.9. The molecule has 0 radical (unpaired) electrons. The molecule has 9 rings (SSSR count). The van der Waals surface area contributed by atoms with Crippen LogP contribution >= 0.6 is 0 Å². The monoisotopic (exact) mass is 641 g/mol. The number of rotatable bonds is 6. The number of aryl methyl sites for hydroxylation is 2. The van der Waals surface area contributed by atoms with Gasteiger partial charge in [0.1, 0.15) is 0 Å². The van der Waals surface area contributed by atoms with Crippen LogP contribution in [0, 0.1) is 13.8 Å². The molecule has 0 unspecified atom stereocenters. The maximum Gasteiger partial charge on any atom is 0.0493 e. The van der Waals surface area contributed by atoms with Crippen LogP contribution in [-0.2, 0) is 0 Å². The quantitative estimate of drug-likeness (QED) is 0.175. The molecule has 0 spiro atoms. The second-order valence-corrected chi connectivity index (χ2v) is 14.1. The maximum absolute atomic E-state index is 2.45. The minimum atomic E-state index is 0.452. The van der Waals surface area contributed by atoms with Crippen LogP contribution in [0.15, 0.2) is 158 Å². The van der Waals surface area contributed by atoms with E-state index in [2.05, 4.69) is 190 Å². The molecule has 0 fully saturated rings. The van der Waals surface area contributed by atoms with Gasteiger partial charge in [0.15, 0.2) is 0 Å². The minimum absolute atomic E-state index is 0.452. The molecule has 0 amide bonds. The molecule has 1 aliphatic rings. The SMILES string of the molecule is Cc1ccccc1N(c1ccc2cc3c(cc2c1)-c1cc2cc(-c4ccccc4)c(-c4ccccc4)cc2cc1-3)c1cc(C(C)C)ccc1C. The van der Waals surface area contributed by atoms with Crippen molar-refractivity contribution in [2.75, 3.05) is 4.90 Å². The van der Waals surface area contributed by atoms with E-state index in [0.717, 1.165) is 0 Å². The smallest absolute Gasteiger partial charge is 0.0493 e. The molecule has 8 aromatic carbocycles. The first kappa shape index (κ1) is 30.2. The van der Waals surface area contributed by atoms with Crippen LogP contribution in [0.2, 0.25) is 0 Å². The van der Waals surface area contributed by atoms with Crippen molar-refractivity contribution in [3.8, 4) is 44.5 Å². The van der Waals surface area contributed by atoms with Crippen molar-refractivity contribution in [1.82, 2.24) is 0 Å². The Labute approximate surface area is 295 Å². The molecule has 0 saturated heterocycles. The van der Waals surface area contributed by atoms with Crippen LogP contribution in [0.5, 0.6) is 0 Å². The highest BCUT2D eigenvalue weighted by molar-refractivity contribution is 6.13. The molecule has 50 heavy (non-hydrogen) atoms. The molecule has 0 aromatic heterocycles. The van der Waals surface area contributed by atoms with E-state index in [1.807, 2.05) is 0 Å². The topological polar surface area (TPSA) is 3.24 Å². The van der Waals surface area contributed by atoms with Crippen molar-refractivity contribution >= 4 is 38.6 Å². The predicted molar refractivity (Wildman–Crippen MR) is 215 cm³/mol. The Hall–Kier alpha value is -5.92. The van der Waals surface area contributed by atoms with Gasteiger partial charge in [0.25, 0.3) is 0 Å². The van der Waals surface area contributed by atoms with Gasteiger partial charge in [0, 0.05) is 17.1 Å². The van der Waals surface area contributed by atoms with Crippen LogP contribution < -0.4 is 4.90 Å². The summed E-state index contributed by atoms with van der Waals surface area (Å²) in [5.74, 6) is 0.452. The summed E-state index contributed by atoms with van der Waals surface area (Å²) in [6, 6.07) is 58.5. The van der Waals surface area contributed by atoms with E-state index in [0.29, 0.717) is 5.92 Å². The summed E-state index contributed by atoms with van der Waals surface area (Å²) < 4.78 is 0. The molecular weight excluding hydrogens is 603 g/mol. The summed E-state index contributed by atoms with van der Waals surface area (Å²) in [7, 11) is 0. The fraction of sp³-hybridized carbons (Fsp3) is 0.102. The number of nitrogens with zero attached hydrogens (tertiary/aromatic N) is 1. The first-order valence-electron chi connectivity index (χ1n) is 17.7. The van der Waals surface area contributed by atoms with Gasteiger partial charge in [-0.05, 0) is 163 Å². The number of para-hydroxylation sites is 1. The van der Waals surface area contributed by atoms with Crippen molar-refractivity contribution in [2.45, 2.75) is 33.6 Å². The number of fused-ring (bicyclic) bond motifs is 6. The summed E-state index contributed by atoms with van der Waals surface area (Å²) in [4.78, 5) is 2.45. The highest BCUT2D eigenvalue weighted by Crippen LogP contribution is 2.52. The molecule has 0 saturated carbocycles. The molecule has 0 N–H and O–H groups in total. The van der Waals surface area contributed by atoms with E-state index < -0.39 is 0 Å². The fourth-order valence-corrected chi connectivity index (χ4v) is 7.76. The van der Waals surface area contributed by atoms with Crippen LogP contribution in [0.3, 0.4) is 0 Å². The third kappa shape index (κ3) is 5.01. The molecule has 0 bridgehead atoms. The lowest BCUT2D eigenvalue weighted by molar-refractivity contribution is 0.865. The van der Waals surface area contributed by atoms with Crippen molar-refractivity contribution in [3.63, 3.8) is 0 Å². The van der Waals surface area contributed by atoms with E-state index in [1.165, 1.54) is 99.8 Å². The summed E-state index contributed by atoms with van der Waals surface area (Å²) in [5, 5.41) is 5.07. The van der Waals surface area contributed by atoms with Gasteiger partial charge in [-0.2, -0.15) is 0 Å². The Bertz CT molecular complexity index is 2580. The lowest BCUT2D eigenvalue weighted by Crippen LogP contribution is -2.13. The Balaban J connectivity index is 1.18. The number of hydrogen-bond acceptors (Lipinski definition) is 1. The normalized spacial score (nSPS) is 11.8. The van der Waals surface area contributed by atoms with E-state index >= 15 is 0 Å². The standard InChI is InChI=1S/C49H39N/c1-31(2)36-20-19-33(4)49(30-36)50(48-18-12-11-13-32(48)3)41-22-21-37-24-44-45(27-38(37)23-41)47-29-40-26-43(35-16-9-6-10-17-35)42(25-39(40)28-46(44)47)34-14-7-5-8-15-34/h5-31H,1-4H3. The van der Waals surface area contributed by atoms with E-state index in [1.54, 1.807) is 0 Å². The van der Waals surface area contributed by atoms with E-state index in [4.69, 9.17) is 0 Å². The van der Waals surface area contributed by atoms with Crippen molar-refractivity contribution in [3.05, 3.63) is 174 Å². The predicted octanol–water partition coefficient (Wildman–Crippen LogP) is 14.2. The lowest BCUT2D eigenvalue weighted by Gasteiger charge is -2.30. The summed E-state index contributed by atoms with van der Waals surface area (Å²) >= 11 is 0. The van der Waals surface area contributed by atoms with Gasteiger partial charge in [-0.25, -0.2) is 0 Å². The zero-order valence-corrected chi connectivity index (χ0v) is 29.0. The van der Waals surface area contributed by atoms with E-state index in [-0.39, 0.29) is 0 Å². The highest BCUT2D eigenvalue weighted by atomic mass is 15.1. The summed E-state index contributed by atoms with van der Waals surface area (Å²) in [6.07, 6.45) is 0. The van der Waals surface area contributed by atoms with Gasteiger partial charge in [0.2, 0.25) is 0 Å². The third-order valence-corrected chi connectivity index (χ3v) is 10.6. The lowest BCUT2D eigenvalue weighted by atomic mass is 9.77. The Morgan fingerprint density at radius 2 is 0.860 bits per heavy atom. The average Bonchev–Trinajstić information content (AvgIpc) is 3.15.